The van der Waals surface area contributed by atoms with Crippen LogP contribution >= 0.6 is 0 Å². The maximum Gasteiger partial charge on any atom is 0.218 e. The number of ether oxygens (including phenoxy) is 1. The summed E-state index contributed by atoms with van der Waals surface area (Å²) in [5.41, 5.74) is 0. The zero-order valence-corrected chi connectivity index (χ0v) is 10.8. The van der Waals surface area contributed by atoms with Crippen LogP contribution in [0.2, 0.25) is 0 Å². The van der Waals surface area contributed by atoms with E-state index >= 15 is 0 Å². The number of rotatable bonds is 6. The maximum absolute atomic E-state index is 9.24. The number of hydrogen-bond acceptors (Lipinski definition) is 5. The van der Waals surface area contributed by atoms with E-state index in [9.17, 15) is 5.11 Å². The number of aliphatic hydroxyl groups excluding tert-OH is 1. The van der Waals surface area contributed by atoms with Crippen molar-refractivity contribution in [2.24, 2.45) is 5.92 Å². The first-order chi connectivity index (χ1) is 8.02. The minimum atomic E-state index is -0.0169. The zero-order valence-electron chi connectivity index (χ0n) is 10.8. The molecule has 0 aliphatic carbocycles. The Hall–Kier alpha value is -1.36. The molecule has 1 aromatic heterocycles. The molecule has 0 aliphatic heterocycles. The van der Waals surface area contributed by atoms with Crippen LogP contribution in [0.3, 0.4) is 0 Å². The fourth-order valence-electron chi connectivity index (χ4n) is 1.34. The van der Waals surface area contributed by atoms with E-state index in [1.54, 1.807) is 6.07 Å². The molecular formula is C12H21N3O2. The highest BCUT2D eigenvalue weighted by Gasteiger charge is 2.12. The Morgan fingerprint density at radius 2 is 2.00 bits per heavy atom. The van der Waals surface area contributed by atoms with Gasteiger partial charge in [-0.05, 0) is 19.8 Å². The Bertz CT molecular complexity index is 342. The van der Waals surface area contributed by atoms with Crippen molar-refractivity contribution in [1.29, 1.82) is 0 Å². The summed E-state index contributed by atoms with van der Waals surface area (Å²) in [7, 11) is 0. The van der Waals surface area contributed by atoms with E-state index in [1.165, 1.54) is 6.33 Å². The third-order valence-electron chi connectivity index (χ3n) is 2.33. The fraction of sp³-hybridized carbons (Fsp3) is 0.667. The Kier molecular flexibility index (Phi) is 5.15. The summed E-state index contributed by atoms with van der Waals surface area (Å²) in [6.45, 7) is 8.04. The lowest BCUT2D eigenvalue weighted by Gasteiger charge is -2.20. The Labute approximate surface area is 102 Å². The van der Waals surface area contributed by atoms with Crippen LogP contribution < -0.4 is 10.1 Å². The van der Waals surface area contributed by atoms with Crippen molar-refractivity contribution in [3.05, 3.63) is 12.4 Å². The van der Waals surface area contributed by atoms with Crippen LogP contribution in [-0.4, -0.2) is 33.8 Å². The number of hydrogen-bond donors (Lipinski definition) is 2. The van der Waals surface area contributed by atoms with Gasteiger partial charge >= 0.3 is 0 Å². The van der Waals surface area contributed by atoms with Gasteiger partial charge < -0.3 is 15.2 Å². The van der Waals surface area contributed by atoms with Gasteiger partial charge in [-0.2, -0.15) is 0 Å². The van der Waals surface area contributed by atoms with Crippen molar-refractivity contribution in [2.45, 2.75) is 39.8 Å². The van der Waals surface area contributed by atoms with Crippen molar-refractivity contribution in [3.63, 3.8) is 0 Å². The normalized spacial score (nSPS) is 12.9. The second-order valence-corrected chi connectivity index (χ2v) is 4.59. The van der Waals surface area contributed by atoms with Gasteiger partial charge in [-0.25, -0.2) is 9.97 Å². The molecule has 2 N–H and O–H groups in total. The maximum atomic E-state index is 9.24. The molecule has 0 saturated heterocycles. The number of nitrogens with zero attached hydrogens (tertiary/aromatic N) is 2. The quantitative estimate of drug-likeness (QED) is 0.790. The summed E-state index contributed by atoms with van der Waals surface area (Å²) < 4.78 is 5.48. The van der Waals surface area contributed by atoms with Crippen LogP contribution in [0.4, 0.5) is 5.82 Å². The minimum Gasteiger partial charge on any atom is -0.475 e. The third-order valence-corrected chi connectivity index (χ3v) is 2.33. The van der Waals surface area contributed by atoms with Gasteiger partial charge in [-0.15, -0.1) is 0 Å². The third kappa shape index (κ3) is 4.56. The van der Waals surface area contributed by atoms with E-state index in [-0.39, 0.29) is 18.8 Å². The molecule has 0 bridgehead atoms. The molecule has 0 fully saturated rings. The molecule has 0 amide bonds. The monoisotopic (exact) mass is 239 g/mol. The second kappa shape index (κ2) is 6.39. The van der Waals surface area contributed by atoms with Crippen molar-refractivity contribution in [3.8, 4) is 5.88 Å². The highest BCUT2D eigenvalue weighted by molar-refractivity contribution is 5.38. The molecule has 0 saturated carbocycles. The molecule has 0 radical (unpaired) electrons. The lowest BCUT2D eigenvalue weighted by molar-refractivity contribution is 0.232. The second-order valence-electron chi connectivity index (χ2n) is 4.59. The molecule has 1 aromatic rings. The molecule has 1 atom stereocenters. The van der Waals surface area contributed by atoms with Crippen LogP contribution in [0.15, 0.2) is 12.4 Å². The topological polar surface area (TPSA) is 67.3 Å². The molecule has 96 valence electrons. The van der Waals surface area contributed by atoms with Gasteiger partial charge in [0.2, 0.25) is 5.88 Å². The first kappa shape index (κ1) is 13.7. The number of anilines is 1. The standard InChI is InChI=1S/C12H21N3O2/c1-8(2)10(6-16)15-11-5-12(14-7-13-11)17-9(3)4/h5,7-10,16H,6H2,1-4H3,(H,13,14,15). The molecule has 0 aliphatic rings. The number of nitrogens with one attached hydrogen (secondary N) is 1. The van der Waals surface area contributed by atoms with Gasteiger partial charge in [0.15, 0.2) is 0 Å². The average molecular weight is 239 g/mol. The molecule has 0 spiro atoms. The van der Waals surface area contributed by atoms with E-state index in [0.717, 1.165) is 0 Å². The highest BCUT2D eigenvalue weighted by atomic mass is 16.5. The Balaban J connectivity index is 2.70. The predicted octanol–water partition coefficient (Wildman–Crippen LogP) is 1.69. The summed E-state index contributed by atoms with van der Waals surface area (Å²) in [6, 6.07) is 1.72. The molecule has 1 rings (SSSR count). The first-order valence-corrected chi connectivity index (χ1v) is 5.89. The van der Waals surface area contributed by atoms with E-state index in [2.05, 4.69) is 15.3 Å². The SMILES string of the molecule is CC(C)Oc1cc(NC(CO)C(C)C)ncn1. The van der Waals surface area contributed by atoms with E-state index in [4.69, 9.17) is 4.74 Å². The summed E-state index contributed by atoms with van der Waals surface area (Å²) in [6.07, 6.45) is 1.53. The van der Waals surface area contributed by atoms with Gasteiger partial charge in [0.25, 0.3) is 0 Å². The van der Waals surface area contributed by atoms with Crippen LogP contribution in [0.1, 0.15) is 27.7 Å². The van der Waals surface area contributed by atoms with Crippen molar-refractivity contribution in [1.82, 2.24) is 9.97 Å². The lowest BCUT2D eigenvalue weighted by atomic mass is 10.1. The molecule has 1 heterocycles. The molecule has 5 heteroatoms. The summed E-state index contributed by atoms with van der Waals surface area (Å²) in [5, 5.41) is 12.4. The predicted molar refractivity (Wildman–Crippen MR) is 67.1 cm³/mol. The molecule has 0 aromatic carbocycles. The van der Waals surface area contributed by atoms with Crippen LogP contribution in [0.5, 0.6) is 5.88 Å². The van der Waals surface area contributed by atoms with Gasteiger partial charge in [0, 0.05) is 6.07 Å². The number of aliphatic hydroxyl groups is 1. The van der Waals surface area contributed by atoms with Gasteiger partial charge in [-0.1, -0.05) is 13.8 Å². The van der Waals surface area contributed by atoms with E-state index in [0.29, 0.717) is 17.6 Å². The van der Waals surface area contributed by atoms with Crippen molar-refractivity contribution in [2.75, 3.05) is 11.9 Å². The minimum absolute atomic E-state index is 0.0169. The fourth-order valence-corrected chi connectivity index (χ4v) is 1.34. The average Bonchev–Trinajstić information content (AvgIpc) is 2.25. The lowest BCUT2D eigenvalue weighted by Crippen LogP contribution is -2.29. The van der Waals surface area contributed by atoms with Crippen LogP contribution in [-0.2, 0) is 0 Å². The van der Waals surface area contributed by atoms with E-state index < -0.39 is 0 Å². The van der Waals surface area contributed by atoms with Gasteiger partial charge in [-0.3, -0.25) is 0 Å². The van der Waals surface area contributed by atoms with E-state index in [1.807, 2.05) is 27.7 Å². The van der Waals surface area contributed by atoms with Crippen molar-refractivity contribution < 1.29 is 9.84 Å². The Morgan fingerprint density at radius 3 is 2.53 bits per heavy atom. The zero-order chi connectivity index (χ0) is 12.8. The van der Waals surface area contributed by atoms with Crippen LogP contribution in [0.25, 0.3) is 0 Å². The molecule has 17 heavy (non-hydrogen) atoms. The highest BCUT2D eigenvalue weighted by Crippen LogP contribution is 2.15. The largest absolute Gasteiger partial charge is 0.475 e. The summed E-state index contributed by atoms with van der Waals surface area (Å²) in [4.78, 5) is 8.13. The van der Waals surface area contributed by atoms with Crippen LogP contribution in [0, 0.1) is 5.92 Å². The number of aromatic nitrogens is 2. The van der Waals surface area contributed by atoms with Gasteiger partial charge in [0.05, 0.1) is 18.8 Å². The Morgan fingerprint density at radius 1 is 1.29 bits per heavy atom. The summed E-state index contributed by atoms with van der Waals surface area (Å²) in [5.74, 6) is 1.53. The molecular weight excluding hydrogens is 218 g/mol. The molecule has 5 nitrogen and oxygen atoms in total. The molecule has 1 unspecified atom stereocenters. The summed E-state index contributed by atoms with van der Waals surface area (Å²) >= 11 is 0. The smallest absolute Gasteiger partial charge is 0.218 e. The first-order valence-electron chi connectivity index (χ1n) is 5.89. The van der Waals surface area contributed by atoms with Gasteiger partial charge in [0.1, 0.15) is 12.1 Å². The van der Waals surface area contributed by atoms with Crippen molar-refractivity contribution >= 4 is 5.82 Å².